The molecule has 2 aliphatic rings. The molecule has 3 heterocycles. The van der Waals surface area contributed by atoms with Crippen molar-refractivity contribution in [3.8, 4) is 11.5 Å². The number of aryl methyl sites for hydroxylation is 1. The van der Waals surface area contributed by atoms with Crippen LogP contribution in [0.15, 0.2) is 146 Å². The summed E-state index contributed by atoms with van der Waals surface area (Å²) in [5.41, 5.74) is 25.4. The van der Waals surface area contributed by atoms with Crippen LogP contribution >= 0.6 is 0 Å². The van der Waals surface area contributed by atoms with E-state index in [0.717, 1.165) is 25.7 Å². The van der Waals surface area contributed by atoms with E-state index < -0.39 is 11.7 Å². The topological polar surface area (TPSA) is 243 Å². The number of carbonyl (C=O) groups is 1. The number of amides is 1. The lowest BCUT2D eigenvalue weighted by Gasteiger charge is -2.19. The third-order valence-corrected chi connectivity index (χ3v) is 11.3. The van der Waals surface area contributed by atoms with Crippen molar-refractivity contribution in [3.05, 3.63) is 191 Å². The molecule has 0 fully saturated rings. The van der Waals surface area contributed by atoms with Crippen LogP contribution in [0.5, 0.6) is 11.5 Å². The SMILES string of the molecule is C=C(/C=C(\C=C/C)C(=N)c1c(N)ncnc1NC1CCc2ccccc21)C(N)=O.N=C(c1cc2cc(F)c(Oc3ccccc3)cc2[nH]1)c1c(N)ncnc1NC1Cc2ccccc2C1. The largest absolute Gasteiger partial charge is 0.454 e. The molecule has 4 aromatic carbocycles. The van der Waals surface area contributed by atoms with E-state index in [0.29, 0.717) is 50.7 Å². The number of benzene rings is 4. The molecule has 1 amide bonds. The summed E-state index contributed by atoms with van der Waals surface area (Å²) in [5, 5.41) is 25.1. The van der Waals surface area contributed by atoms with E-state index >= 15 is 0 Å². The van der Waals surface area contributed by atoms with E-state index in [1.165, 1.54) is 47.1 Å². The Balaban J connectivity index is 0.000000182. The number of nitrogens with one attached hydrogen (secondary N) is 5. The van der Waals surface area contributed by atoms with Crippen molar-refractivity contribution in [2.24, 2.45) is 5.73 Å². The van der Waals surface area contributed by atoms with E-state index in [1.54, 1.807) is 36.4 Å². The summed E-state index contributed by atoms with van der Waals surface area (Å²) in [6.07, 6.45) is 11.3. The van der Waals surface area contributed by atoms with E-state index in [4.69, 9.17) is 32.8 Å². The van der Waals surface area contributed by atoms with Crippen molar-refractivity contribution >= 4 is 51.5 Å². The molecule has 0 radical (unpaired) electrons. The number of ether oxygens (including phenoxy) is 1. The minimum absolute atomic E-state index is 0.0711. The molecule has 326 valence electrons. The predicted molar refractivity (Wildman–Crippen MR) is 254 cm³/mol. The molecule has 15 heteroatoms. The van der Waals surface area contributed by atoms with Gasteiger partial charge in [0, 0.05) is 34.2 Å². The average molecular weight is 867 g/mol. The number of aromatic amines is 1. The number of nitrogens with two attached hydrogens (primary N) is 3. The molecule has 1 atom stereocenters. The van der Waals surface area contributed by atoms with Crippen LogP contribution in [0.1, 0.15) is 58.5 Å². The zero-order valence-electron chi connectivity index (χ0n) is 35.5. The first kappa shape index (κ1) is 43.2. The molecule has 65 heavy (non-hydrogen) atoms. The lowest BCUT2D eigenvalue weighted by molar-refractivity contribution is -0.114. The average Bonchev–Trinajstić information content (AvgIpc) is 4.03. The number of fused-ring (bicyclic) bond motifs is 3. The van der Waals surface area contributed by atoms with Crippen molar-refractivity contribution in [1.29, 1.82) is 10.8 Å². The first-order valence-electron chi connectivity index (χ1n) is 20.9. The Hall–Kier alpha value is -8.46. The summed E-state index contributed by atoms with van der Waals surface area (Å²) in [6.45, 7) is 5.46. The monoisotopic (exact) mass is 866 g/mol. The van der Waals surface area contributed by atoms with Gasteiger partial charge >= 0.3 is 0 Å². The van der Waals surface area contributed by atoms with Crippen molar-refractivity contribution < 1.29 is 13.9 Å². The van der Waals surface area contributed by atoms with Crippen molar-refractivity contribution in [3.63, 3.8) is 0 Å². The molecule has 0 spiro atoms. The van der Waals surface area contributed by atoms with Gasteiger partial charge in [0.05, 0.1) is 34.3 Å². The normalized spacial score (nSPS) is 14.3. The van der Waals surface area contributed by atoms with Gasteiger partial charge in [-0.3, -0.25) is 15.6 Å². The van der Waals surface area contributed by atoms with Crippen LogP contribution in [0.2, 0.25) is 0 Å². The van der Waals surface area contributed by atoms with Gasteiger partial charge in [-0.05, 0) is 85.2 Å². The van der Waals surface area contributed by atoms with Gasteiger partial charge in [0.15, 0.2) is 11.6 Å². The quantitative estimate of drug-likeness (QED) is 0.0312. The number of H-pyrrole nitrogens is 1. The Morgan fingerprint density at radius 3 is 2.15 bits per heavy atom. The highest BCUT2D eigenvalue weighted by molar-refractivity contribution is 6.18. The molecule has 0 saturated heterocycles. The molecule has 0 bridgehead atoms. The Kier molecular flexibility index (Phi) is 12.5. The highest BCUT2D eigenvalue weighted by Gasteiger charge is 2.27. The lowest BCUT2D eigenvalue weighted by Crippen LogP contribution is -2.23. The number of nitrogen functional groups attached to an aromatic ring is 2. The number of hydrogen-bond acceptors (Lipinski definition) is 12. The van der Waals surface area contributed by atoms with Crippen molar-refractivity contribution in [2.45, 2.75) is 44.7 Å². The van der Waals surface area contributed by atoms with Gasteiger partial charge in [-0.25, -0.2) is 24.3 Å². The predicted octanol–water partition coefficient (Wildman–Crippen LogP) is 8.54. The number of para-hydroxylation sites is 1. The molecule has 11 N–H and O–H groups in total. The number of aromatic nitrogens is 5. The number of hydrogen-bond donors (Lipinski definition) is 8. The standard InChI is InChI=1S/C28H23FN6O.C22H24N6O/c29-21-12-18-13-23(35-22(18)14-24(21)36-20-8-2-1-3-9-20)26(30)25-27(31)32-15-33-28(25)34-19-10-16-6-4-5-7-17(16)11-19;1-3-6-15(11-13(2)21(25)29)19(23)18-20(24)26-12-27-22(18)28-17-10-9-14-7-4-5-8-16(14)17/h1-9,12-15,19,30,35H,10-11H2,(H3,31,32,33,34);3-8,11-12,17,23H,2,9-10H2,1H3,(H2,25,29)(H3,24,26,27,28)/b;6-3-,15-11+,23-19?. The van der Waals surface area contributed by atoms with Crippen LogP contribution in [-0.4, -0.2) is 48.3 Å². The summed E-state index contributed by atoms with van der Waals surface area (Å²) in [7, 11) is 0. The zero-order valence-corrected chi connectivity index (χ0v) is 35.5. The third-order valence-electron chi connectivity index (χ3n) is 11.3. The molecular weight excluding hydrogens is 820 g/mol. The summed E-state index contributed by atoms with van der Waals surface area (Å²) in [6, 6.07) is 30.5. The van der Waals surface area contributed by atoms with Crippen LogP contribution < -0.4 is 32.6 Å². The lowest BCUT2D eigenvalue weighted by atomic mass is 9.99. The highest BCUT2D eigenvalue weighted by atomic mass is 19.1. The Morgan fingerprint density at radius 1 is 0.846 bits per heavy atom. The van der Waals surface area contributed by atoms with Crippen LogP contribution in [0.4, 0.5) is 27.7 Å². The van der Waals surface area contributed by atoms with Gasteiger partial charge in [-0.2, -0.15) is 0 Å². The molecule has 7 aromatic rings. The number of halogens is 1. The number of allylic oxidation sites excluding steroid dienone is 3. The summed E-state index contributed by atoms with van der Waals surface area (Å²) in [5.74, 6) is 0.845. The molecule has 2 aliphatic carbocycles. The molecular formula is C50H47FN12O2. The van der Waals surface area contributed by atoms with Crippen LogP contribution in [0.3, 0.4) is 0 Å². The van der Waals surface area contributed by atoms with Gasteiger partial charge < -0.3 is 37.6 Å². The number of carbonyl (C=O) groups excluding carboxylic acids is 1. The smallest absolute Gasteiger partial charge is 0.248 e. The van der Waals surface area contributed by atoms with Crippen LogP contribution in [0.25, 0.3) is 10.9 Å². The fourth-order valence-electron chi connectivity index (χ4n) is 8.12. The van der Waals surface area contributed by atoms with Gasteiger partial charge in [0.25, 0.3) is 0 Å². The van der Waals surface area contributed by atoms with Gasteiger partial charge in [0.2, 0.25) is 5.91 Å². The third kappa shape index (κ3) is 9.49. The summed E-state index contributed by atoms with van der Waals surface area (Å²) >= 11 is 0. The number of anilines is 4. The van der Waals surface area contributed by atoms with Crippen molar-refractivity contribution in [2.75, 3.05) is 22.1 Å². The minimum Gasteiger partial charge on any atom is -0.454 e. The number of primary amides is 1. The van der Waals surface area contributed by atoms with Gasteiger partial charge in [-0.1, -0.05) is 85.5 Å². The maximum atomic E-state index is 14.8. The Morgan fingerprint density at radius 2 is 1.48 bits per heavy atom. The fourth-order valence-corrected chi connectivity index (χ4v) is 8.12. The van der Waals surface area contributed by atoms with E-state index in [9.17, 15) is 9.18 Å². The molecule has 0 aliphatic heterocycles. The first-order valence-corrected chi connectivity index (χ1v) is 20.9. The summed E-state index contributed by atoms with van der Waals surface area (Å²) < 4.78 is 20.5. The van der Waals surface area contributed by atoms with Crippen molar-refractivity contribution in [1.82, 2.24) is 24.9 Å². The van der Waals surface area contributed by atoms with Gasteiger partial charge in [-0.15, -0.1) is 0 Å². The minimum atomic E-state index is -0.655. The number of nitrogens with zero attached hydrogens (tertiary/aromatic N) is 4. The summed E-state index contributed by atoms with van der Waals surface area (Å²) in [4.78, 5) is 31.5. The van der Waals surface area contributed by atoms with E-state index in [1.807, 2.05) is 49.4 Å². The van der Waals surface area contributed by atoms with E-state index in [2.05, 4.69) is 66.4 Å². The Bertz CT molecular complexity index is 3010. The van der Waals surface area contributed by atoms with Crippen LogP contribution in [-0.2, 0) is 24.1 Å². The van der Waals surface area contributed by atoms with E-state index in [-0.39, 0.29) is 46.5 Å². The molecule has 14 nitrogen and oxygen atoms in total. The first-order chi connectivity index (χ1) is 31.5. The maximum absolute atomic E-state index is 14.8. The second kappa shape index (κ2) is 18.9. The maximum Gasteiger partial charge on any atom is 0.248 e. The van der Waals surface area contributed by atoms with Crippen LogP contribution in [0, 0.1) is 16.6 Å². The fraction of sp³-hybridized carbons (Fsp3) is 0.140. The molecule has 9 rings (SSSR count). The Labute approximate surface area is 374 Å². The zero-order chi connectivity index (χ0) is 45.6. The molecule has 1 unspecified atom stereocenters. The second-order valence-corrected chi connectivity index (χ2v) is 15.6. The van der Waals surface area contributed by atoms with Gasteiger partial charge in [0.1, 0.15) is 41.7 Å². The highest BCUT2D eigenvalue weighted by Crippen LogP contribution is 2.36. The second-order valence-electron chi connectivity index (χ2n) is 15.6. The molecule has 3 aromatic heterocycles. The number of rotatable bonds is 13. The molecule has 0 saturated carbocycles.